The molecule has 1 aliphatic carbocycles. The average molecular weight is 504 g/mol. The number of aryl methyl sites for hydroxylation is 1. The number of carbonyl (C=O) groups excluding carboxylic acids is 1. The van der Waals surface area contributed by atoms with E-state index in [0.717, 1.165) is 41.1 Å². The van der Waals surface area contributed by atoms with Crippen LogP contribution in [-0.2, 0) is 12.8 Å². The molecule has 1 N–H and O–H groups in total. The summed E-state index contributed by atoms with van der Waals surface area (Å²) in [6.45, 7) is 0. The quantitative estimate of drug-likeness (QED) is 0.346. The predicted octanol–water partition coefficient (Wildman–Crippen LogP) is 6.49. The molecule has 0 saturated carbocycles. The number of nitriles is 1. The first-order chi connectivity index (χ1) is 15.6. The second-order valence-corrected chi connectivity index (χ2v) is 9.58. The van der Waals surface area contributed by atoms with Crippen LogP contribution in [0.4, 0.5) is 10.7 Å². The number of nitrogens with one attached hydrogen (secondary N) is 1. The molecule has 0 unspecified atom stereocenters. The second-order valence-electron chi connectivity index (χ2n) is 7.58. The van der Waals surface area contributed by atoms with Crippen LogP contribution in [0, 0.1) is 11.3 Å². The minimum Gasteiger partial charge on any atom is -0.437 e. The van der Waals surface area contributed by atoms with Crippen LogP contribution in [0.3, 0.4) is 0 Å². The van der Waals surface area contributed by atoms with Crippen LogP contribution in [0.2, 0.25) is 0 Å². The molecule has 5 nitrogen and oxygen atoms in total. The van der Waals surface area contributed by atoms with Gasteiger partial charge in [-0.1, -0.05) is 34.1 Å². The fraction of sp³-hybridized carbons (Fsp3) is 0.160. The van der Waals surface area contributed by atoms with Crippen molar-refractivity contribution in [3.8, 4) is 6.07 Å². The van der Waals surface area contributed by atoms with Crippen molar-refractivity contribution in [1.29, 1.82) is 5.26 Å². The predicted molar refractivity (Wildman–Crippen MR) is 129 cm³/mol. The molecule has 2 heterocycles. The molecule has 0 aliphatic heterocycles. The van der Waals surface area contributed by atoms with Gasteiger partial charge < -0.3 is 9.73 Å². The van der Waals surface area contributed by atoms with Gasteiger partial charge in [0.15, 0.2) is 0 Å². The van der Waals surface area contributed by atoms with Crippen LogP contribution in [0.15, 0.2) is 68.5 Å². The number of anilines is 1. The Balaban J connectivity index is 1.69. The number of carbonyl (C=O) groups is 1. The lowest BCUT2D eigenvalue weighted by Gasteiger charge is -2.09. The number of benzene rings is 2. The summed E-state index contributed by atoms with van der Waals surface area (Å²) in [4.78, 5) is 19.1. The van der Waals surface area contributed by atoms with E-state index in [2.05, 4.69) is 27.3 Å². The van der Waals surface area contributed by atoms with E-state index in [9.17, 15) is 10.1 Å². The fourth-order valence-electron chi connectivity index (χ4n) is 3.90. The molecule has 0 fully saturated rings. The Morgan fingerprint density at radius 2 is 1.94 bits per heavy atom. The van der Waals surface area contributed by atoms with Crippen LogP contribution < -0.4 is 10.9 Å². The Morgan fingerprint density at radius 3 is 2.75 bits per heavy atom. The molecular weight excluding hydrogens is 486 g/mol. The highest BCUT2D eigenvalue weighted by molar-refractivity contribution is 9.10. The molecule has 1 amide bonds. The van der Waals surface area contributed by atoms with Crippen LogP contribution in [0.5, 0.6) is 0 Å². The van der Waals surface area contributed by atoms with E-state index in [1.165, 1.54) is 16.2 Å². The maximum Gasteiger partial charge on any atom is 0.261 e. The second kappa shape index (κ2) is 8.73. The van der Waals surface area contributed by atoms with Crippen molar-refractivity contribution in [2.75, 3.05) is 5.32 Å². The number of rotatable bonds is 3. The Bertz CT molecular complexity index is 1450. The van der Waals surface area contributed by atoms with Gasteiger partial charge >= 0.3 is 0 Å². The molecule has 2 aromatic carbocycles. The van der Waals surface area contributed by atoms with E-state index in [0.29, 0.717) is 27.4 Å². The number of amides is 1. The van der Waals surface area contributed by atoms with Gasteiger partial charge in [-0.25, -0.2) is 4.99 Å². The largest absolute Gasteiger partial charge is 0.437 e. The molecule has 5 rings (SSSR count). The number of thiophene rings is 1. The van der Waals surface area contributed by atoms with E-state index >= 15 is 0 Å². The molecule has 32 heavy (non-hydrogen) atoms. The van der Waals surface area contributed by atoms with Gasteiger partial charge in [-0.05, 0) is 67.6 Å². The average Bonchev–Trinajstić information content (AvgIpc) is 3.16. The Kier molecular flexibility index (Phi) is 5.64. The lowest BCUT2D eigenvalue weighted by Crippen LogP contribution is -2.21. The summed E-state index contributed by atoms with van der Waals surface area (Å²) in [5, 5.41) is 14.1. The van der Waals surface area contributed by atoms with Crippen molar-refractivity contribution in [1.82, 2.24) is 0 Å². The van der Waals surface area contributed by atoms with E-state index in [1.807, 2.05) is 48.5 Å². The van der Waals surface area contributed by atoms with Crippen LogP contribution in [0.1, 0.15) is 39.2 Å². The van der Waals surface area contributed by atoms with Crippen LogP contribution in [-0.4, -0.2) is 5.91 Å². The van der Waals surface area contributed by atoms with Gasteiger partial charge in [0.25, 0.3) is 5.91 Å². The SMILES string of the molecule is N#Cc1c(/N=c2\oc3ccc(Br)cc3cc2C(=O)Nc2ccccc2)sc2c1CCCC2. The molecular formula is C25H18BrN3O2S. The zero-order valence-electron chi connectivity index (χ0n) is 17.0. The Labute approximate surface area is 197 Å². The van der Waals surface area contributed by atoms with Gasteiger partial charge in [0.1, 0.15) is 22.2 Å². The number of hydrogen-bond acceptors (Lipinski definition) is 5. The summed E-state index contributed by atoms with van der Waals surface area (Å²) in [5.74, 6) is -0.319. The highest BCUT2D eigenvalue weighted by Crippen LogP contribution is 2.39. The van der Waals surface area contributed by atoms with Crippen molar-refractivity contribution >= 4 is 54.8 Å². The van der Waals surface area contributed by atoms with Crippen molar-refractivity contribution < 1.29 is 9.21 Å². The highest BCUT2D eigenvalue weighted by Gasteiger charge is 2.21. The van der Waals surface area contributed by atoms with Gasteiger partial charge in [0.2, 0.25) is 5.55 Å². The van der Waals surface area contributed by atoms with Crippen molar-refractivity contribution in [2.45, 2.75) is 25.7 Å². The first-order valence-electron chi connectivity index (χ1n) is 10.3. The molecule has 0 bridgehead atoms. The number of nitrogens with zero attached hydrogens (tertiary/aromatic N) is 2. The summed E-state index contributed by atoms with van der Waals surface area (Å²) in [6, 6.07) is 19.0. The number of para-hydroxylation sites is 1. The third-order valence-corrected chi connectivity index (χ3v) is 7.13. The van der Waals surface area contributed by atoms with Gasteiger partial charge in [-0.3, -0.25) is 4.79 Å². The Morgan fingerprint density at radius 1 is 1.12 bits per heavy atom. The molecule has 4 aromatic rings. The molecule has 2 aromatic heterocycles. The van der Waals surface area contributed by atoms with Gasteiger partial charge in [-0.2, -0.15) is 5.26 Å². The normalized spacial score (nSPS) is 13.6. The molecule has 0 radical (unpaired) electrons. The smallest absolute Gasteiger partial charge is 0.261 e. The standard InChI is InChI=1S/C25H18BrN3O2S/c26-16-10-11-21-15(12-16)13-19(23(30)28-17-6-2-1-3-7-17)24(31-21)29-25-20(14-27)18-8-4-5-9-22(18)32-25/h1-3,6-7,10-13H,4-5,8-9H2,(H,28,30)/b29-24-. The number of hydrogen-bond donors (Lipinski definition) is 1. The topological polar surface area (TPSA) is 78.4 Å². The van der Waals surface area contributed by atoms with Gasteiger partial charge in [-0.15, -0.1) is 11.3 Å². The molecule has 0 atom stereocenters. The summed E-state index contributed by atoms with van der Waals surface area (Å²) in [7, 11) is 0. The summed E-state index contributed by atoms with van der Waals surface area (Å²) < 4.78 is 6.98. The van der Waals surface area contributed by atoms with Crippen molar-refractivity contribution in [3.63, 3.8) is 0 Å². The zero-order chi connectivity index (χ0) is 22.1. The van der Waals surface area contributed by atoms with Crippen LogP contribution in [0.25, 0.3) is 11.0 Å². The third kappa shape index (κ3) is 3.99. The first-order valence-corrected chi connectivity index (χ1v) is 11.9. The molecule has 7 heteroatoms. The third-order valence-electron chi connectivity index (χ3n) is 5.45. The van der Waals surface area contributed by atoms with E-state index in [4.69, 9.17) is 9.41 Å². The van der Waals surface area contributed by atoms with E-state index < -0.39 is 0 Å². The lowest BCUT2D eigenvalue weighted by atomic mass is 9.96. The highest BCUT2D eigenvalue weighted by atomic mass is 79.9. The van der Waals surface area contributed by atoms with Gasteiger partial charge in [0, 0.05) is 20.4 Å². The Hall–Kier alpha value is -3.21. The number of halogens is 1. The van der Waals surface area contributed by atoms with Gasteiger partial charge in [0.05, 0.1) is 5.56 Å². The molecule has 1 aliphatic rings. The lowest BCUT2D eigenvalue weighted by molar-refractivity contribution is 0.102. The maximum absolute atomic E-state index is 13.2. The minimum atomic E-state index is -0.319. The van der Waals surface area contributed by atoms with Crippen LogP contribution >= 0.6 is 27.3 Å². The molecule has 0 saturated heterocycles. The summed E-state index contributed by atoms with van der Waals surface area (Å²) >= 11 is 5.00. The maximum atomic E-state index is 13.2. The van der Waals surface area contributed by atoms with Crippen molar-refractivity contribution in [3.05, 3.63) is 86.2 Å². The molecule has 158 valence electrons. The minimum absolute atomic E-state index is 0.198. The first kappa shape index (κ1) is 20.7. The van der Waals surface area contributed by atoms with E-state index in [-0.39, 0.29) is 11.5 Å². The number of fused-ring (bicyclic) bond motifs is 2. The fourth-order valence-corrected chi connectivity index (χ4v) is 5.49. The van der Waals surface area contributed by atoms with Crippen molar-refractivity contribution in [2.24, 2.45) is 4.99 Å². The van der Waals surface area contributed by atoms with E-state index in [1.54, 1.807) is 6.07 Å². The molecule has 0 spiro atoms. The summed E-state index contributed by atoms with van der Waals surface area (Å²) in [5.41, 5.74) is 3.51. The summed E-state index contributed by atoms with van der Waals surface area (Å²) in [6.07, 6.45) is 4.07. The zero-order valence-corrected chi connectivity index (χ0v) is 19.4. The monoisotopic (exact) mass is 503 g/mol.